The summed E-state index contributed by atoms with van der Waals surface area (Å²) in [5.41, 5.74) is 3.46. The molecule has 0 aliphatic rings. The van der Waals surface area contributed by atoms with E-state index in [0.29, 0.717) is 29.9 Å². The van der Waals surface area contributed by atoms with Crippen molar-refractivity contribution in [2.24, 2.45) is 5.84 Å². The average molecular weight is 249 g/mol. The maximum Gasteiger partial charge on any atom is 0.245 e. The van der Waals surface area contributed by atoms with Crippen molar-refractivity contribution >= 4 is 11.6 Å². The number of nitrogens with zero attached hydrogens (tertiary/aromatic N) is 4. The second-order valence-electron chi connectivity index (χ2n) is 3.64. The molecule has 2 aromatic rings. The molecule has 0 aliphatic heterocycles. The predicted octanol–water partition coefficient (Wildman–Crippen LogP) is 0.628. The third-order valence-corrected chi connectivity index (χ3v) is 2.41. The number of hydrogen-bond donors (Lipinski definition) is 3. The molecule has 2 heterocycles. The van der Waals surface area contributed by atoms with Gasteiger partial charge in [0.15, 0.2) is 5.82 Å². The standard InChI is InChI=1S/C10H15N7O/c1-3-7-9(13-5-14-10(7)16-11)12-4-8-15-6(2)17-18-8/h5H,3-4,11H2,1-2H3,(H2,12,13,14,16). The fourth-order valence-electron chi connectivity index (χ4n) is 1.60. The largest absolute Gasteiger partial charge is 0.361 e. The first-order valence-corrected chi connectivity index (χ1v) is 5.58. The lowest BCUT2D eigenvalue weighted by molar-refractivity contribution is 0.379. The predicted molar refractivity (Wildman–Crippen MR) is 65.6 cm³/mol. The average Bonchev–Trinajstić information content (AvgIpc) is 2.81. The van der Waals surface area contributed by atoms with Crippen molar-refractivity contribution in [1.29, 1.82) is 0 Å². The first-order chi connectivity index (χ1) is 8.74. The topological polar surface area (TPSA) is 115 Å². The van der Waals surface area contributed by atoms with Gasteiger partial charge in [-0.15, -0.1) is 0 Å². The van der Waals surface area contributed by atoms with Crippen LogP contribution in [0, 0.1) is 6.92 Å². The molecule has 0 unspecified atom stereocenters. The number of nitrogen functional groups attached to an aromatic ring is 1. The molecule has 0 spiro atoms. The summed E-state index contributed by atoms with van der Waals surface area (Å²) in [5, 5.41) is 6.84. The number of nitrogens with one attached hydrogen (secondary N) is 2. The van der Waals surface area contributed by atoms with Crippen LogP contribution >= 0.6 is 0 Å². The Labute approximate surface area is 104 Å². The maximum absolute atomic E-state index is 5.40. The highest BCUT2D eigenvalue weighted by Crippen LogP contribution is 2.19. The quantitative estimate of drug-likeness (QED) is 0.522. The van der Waals surface area contributed by atoms with E-state index in [0.717, 1.165) is 12.0 Å². The van der Waals surface area contributed by atoms with Crippen LogP contribution in [0.25, 0.3) is 0 Å². The molecule has 0 amide bonds. The van der Waals surface area contributed by atoms with Crippen molar-refractivity contribution in [2.75, 3.05) is 10.7 Å². The summed E-state index contributed by atoms with van der Waals surface area (Å²) in [4.78, 5) is 12.3. The van der Waals surface area contributed by atoms with Gasteiger partial charge in [-0.2, -0.15) is 4.98 Å². The highest BCUT2D eigenvalue weighted by Gasteiger charge is 2.10. The number of hydrogen-bond acceptors (Lipinski definition) is 8. The smallest absolute Gasteiger partial charge is 0.245 e. The molecule has 18 heavy (non-hydrogen) atoms. The zero-order chi connectivity index (χ0) is 13.0. The summed E-state index contributed by atoms with van der Waals surface area (Å²) >= 11 is 0. The van der Waals surface area contributed by atoms with Crippen LogP contribution in [0.1, 0.15) is 24.2 Å². The van der Waals surface area contributed by atoms with Crippen LogP contribution in [-0.2, 0) is 13.0 Å². The molecule has 0 atom stereocenters. The molecule has 8 nitrogen and oxygen atoms in total. The van der Waals surface area contributed by atoms with Crippen molar-refractivity contribution in [1.82, 2.24) is 20.1 Å². The molecule has 2 aromatic heterocycles. The van der Waals surface area contributed by atoms with Crippen molar-refractivity contribution in [3.63, 3.8) is 0 Å². The molecular weight excluding hydrogens is 234 g/mol. The third kappa shape index (κ3) is 2.54. The fraction of sp³-hybridized carbons (Fsp3) is 0.400. The lowest BCUT2D eigenvalue weighted by Crippen LogP contribution is -2.14. The van der Waals surface area contributed by atoms with Crippen molar-refractivity contribution in [2.45, 2.75) is 26.8 Å². The Morgan fingerprint density at radius 1 is 1.33 bits per heavy atom. The monoisotopic (exact) mass is 249 g/mol. The SMILES string of the molecule is CCc1c(NN)ncnc1NCc1nc(C)no1. The van der Waals surface area contributed by atoms with Gasteiger partial charge in [-0.25, -0.2) is 15.8 Å². The Kier molecular flexibility index (Phi) is 3.68. The van der Waals surface area contributed by atoms with Crippen LogP contribution in [0.15, 0.2) is 10.9 Å². The summed E-state index contributed by atoms with van der Waals surface area (Å²) < 4.78 is 5.01. The van der Waals surface area contributed by atoms with Crippen LogP contribution in [0.2, 0.25) is 0 Å². The zero-order valence-corrected chi connectivity index (χ0v) is 10.3. The molecule has 0 fully saturated rings. The molecule has 2 rings (SSSR count). The number of aryl methyl sites for hydroxylation is 1. The van der Waals surface area contributed by atoms with Crippen LogP contribution in [0.5, 0.6) is 0 Å². The molecule has 8 heteroatoms. The second-order valence-corrected chi connectivity index (χ2v) is 3.64. The van der Waals surface area contributed by atoms with Crippen LogP contribution in [-0.4, -0.2) is 20.1 Å². The van der Waals surface area contributed by atoms with E-state index in [2.05, 4.69) is 30.9 Å². The number of aromatic nitrogens is 4. The minimum absolute atomic E-state index is 0.412. The van der Waals surface area contributed by atoms with Crippen LogP contribution in [0.3, 0.4) is 0 Å². The van der Waals surface area contributed by atoms with E-state index in [1.165, 1.54) is 6.33 Å². The second kappa shape index (κ2) is 5.41. The Morgan fingerprint density at radius 2 is 2.11 bits per heavy atom. The maximum atomic E-state index is 5.40. The molecule has 0 aromatic carbocycles. The van der Waals surface area contributed by atoms with Gasteiger partial charge in [0.1, 0.15) is 18.0 Å². The molecule has 0 aliphatic carbocycles. The summed E-state index contributed by atoms with van der Waals surface area (Å²) in [6.07, 6.45) is 2.20. The normalized spacial score (nSPS) is 10.4. The lowest BCUT2D eigenvalue weighted by atomic mass is 10.2. The summed E-state index contributed by atoms with van der Waals surface area (Å²) in [5.74, 6) is 7.83. The van der Waals surface area contributed by atoms with Crippen LogP contribution < -0.4 is 16.6 Å². The number of nitrogens with two attached hydrogens (primary N) is 1. The Hall–Kier alpha value is -2.22. The van der Waals surface area contributed by atoms with Crippen LogP contribution in [0.4, 0.5) is 11.6 Å². The number of hydrazine groups is 1. The molecule has 4 N–H and O–H groups in total. The van der Waals surface area contributed by atoms with Crippen molar-refractivity contribution in [3.05, 3.63) is 23.6 Å². The van der Waals surface area contributed by atoms with Gasteiger partial charge < -0.3 is 15.3 Å². The van der Waals surface area contributed by atoms with Gasteiger partial charge in [-0.1, -0.05) is 12.1 Å². The zero-order valence-electron chi connectivity index (χ0n) is 10.3. The first-order valence-electron chi connectivity index (χ1n) is 5.58. The molecular formula is C10H15N7O. The molecule has 0 saturated carbocycles. The van der Waals surface area contributed by atoms with E-state index in [1.807, 2.05) is 6.92 Å². The van der Waals surface area contributed by atoms with Crippen molar-refractivity contribution in [3.8, 4) is 0 Å². The van der Waals surface area contributed by atoms with Gasteiger partial charge in [0.05, 0.1) is 6.54 Å². The highest BCUT2D eigenvalue weighted by molar-refractivity contribution is 5.56. The van der Waals surface area contributed by atoms with Gasteiger partial charge in [-0.05, 0) is 13.3 Å². The van der Waals surface area contributed by atoms with Gasteiger partial charge in [0.25, 0.3) is 0 Å². The first kappa shape index (κ1) is 12.2. The van der Waals surface area contributed by atoms with Gasteiger partial charge in [-0.3, -0.25) is 0 Å². The Balaban J connectivity index is 2.13. The molecule has 0 bridgehead atoms. The fourth-order valence-corrected chi connectivity index (χ4v) is 1.60. The lowest BCUT2D eigenvalue weighted by Gasteiger charge is -2.11. The van der Waals surface area contributed by atoms with E-state index >= 15 is 0 Å². The van der Waals surface area contributed by atoms with E-state index in [9.17, 15) is 0 Å². The Morgan fingerprint density at radius 3 is 2.72 bits per heavy atom. The summed E-state index contributed by atoms with van der Waals surface area (Å²) in [6, 6.07) is 0. The van der Waals surface area contributed by atoms with E-state index in [4.69, 9.17) is 10.4 Å². The van der Waals surface area contributed by atoms with Crippen molar-refractivity contribution < 1.29 is 4.52 Å². The summed E-state index contributed by atoms with van der Waals surface area (Å²) in [6.45, 7) is 4.18. The minimum atomic E-state index is 0.412. The van der Waals surface area contributed by atoms with Gasteiger partial charge in [0.2, 0.25) is 5.89 Å². The third-order valence-electron chi connectivity index (χ3n) is 2.41. The van der Waals surface area contributed by atoms with E-state index in [1.54, 1.807) is 6.92 Å². The molecule has 96 valence electrons. The number of rotatable bonds is 5. The summed E-state index contributed by atoms with van der Waals surface area (Å²) in [7, 11) is 0. The number of anilines is 2. The Bertz CT molecular complexity index is 525. The van der Waals surface area contributed by atoms with E-state index in [-0.39, 0.29) is 0 Å². The minimum Gasteiger partial charge on any atom is -0.361 e. The molecule has 0 saturated heterocycles. The highest BCUT2D eigenvalue weighted by atomic mass is 16.5. The van der Waals surface area contributed by atoms with Gasteiger partial charge in [0, 0.05) is 5.56 Å². The molecule has 0 radical (unpaired) electrons. The van der Waals surface area contributed by atoms with E-state index < -0.39 is 0 Å². The van der Waals surface area contributed by atoms with Gasteiger partial charge >= 0.3 is 0 Å².